The van der Waals surface area contributed by atoms with E-state index in [1.807, 2.05) is 35.8 Å². The molecule has 3 heterocycles. The summed E-state index contributed by atoms with van der Waals surface area (Å²) < 4.78 is 13.2. The molecule has 5 atom stereocenters. The molecule has 4 aliphatic rings. The van der Waals surface area contributed by atoms with Gasteiger partial charge in [0.15, 0.2) is 0 Å². The average molecular weight is 522 g/mol. The van der Waals surface area contributed by atoms with Crippen LogP contribution in [-0.4, -0.2) is 58.4 Å². The molecular formula is C31H43N3O4. The fourth-order valence-corrected chi connectivity index (χ4v) is 8.19. The van der Waals surface area contributed by atoms with E-state index >= 15 is 0 Å². The van der Waals surface area contributed by atoms with E-state index in [9.17, 15) is 9.59 Å². The normalized spacial score (nSPS) is 31.6. The standard InChI is InChI=1S/C31H43N3O4/c1-2-38-30(35)13-7-11-28-31(36)34(29-12-6-5-10-27(29)32-28)24-17-25-19-37-20-26(18-24)33(25)23-15-21-8-3-4-9-22(14-21)16-23/h5-6,10,12,21-26H,2-4,7-9,11,13-20H2,1H3/t21?,22?,23?,24?,25-,26+. The van der Waals surface area contributed by atoms with Crippen molar-refractivity contribution in [2.24, 2.45) is 11.8 Å². The molecule has 2 saturated carbocycles. The van der Waals surface area contributed by atoms with Crippen LogP contribution in [0.1, 0.15) is 89.3 Å². The number of carbonyl (C=O) groups excluding carboxylic acids is 1. The van der Waals surface area contributed by atoms with Gasteiger partial charge in [0.2, 0.25) is 0 Å². The molecule has 3 unspecified atom stereocenters. The maximum absolute atomic E-state index is 13.9. The molecule has 4 bridgehead atoms. The van der Waals surface area contributed by atoms with Crippen molar-refractivity contribution in [3.05, 3.63) is 40.3 Å². The number of fused-ring (bicyclic) bond motifs is 5. The van der Waals surface area contributed by atoms with Crippen LogP contribution in [0.15, 0.2) is 29.1 Å². The minimum absolute atomic E-state index is 0.00804. The Hall–Kier alpha value is -2.25. The van der Waals surface area contributed by atoms with Crippen LogP contribution in [0.4, 0.5) is 0 Å². The summed E-state index contributed by atoms with van der Waals surface area (Å²) in [5.74, 6) is 1.57. The van der Waals surface area contributed by atoms with Crippen molar-refractivity contribution >= 4 is 17.0 Å². The topological polar surface area (TPSA) is 73.7 Å². The molecule has 0 N–H and O–H groups in total. The molecule has 7 nitrogen and oxygen atoms in total. The van der Waals surface area contributed by atoms with Gasteiger partial charge in [0.1, 0.15) is 5.69 Å². The molecule has 6 rings (SSSR count). The minimum Gasteiger partial charge on any atom is -0.466 e. The third-order valence-electron chi connectivity index (χ3n) is 9.65. The fourth-order valence-electron chi connectivity index (χ4n) is 8.19. The van der Waals surface area contributed by atoms with Gasteiger partial charge in [-0.05, 0) is 75.8 Å². The van der Waals surface area contributed by atoms with Crippen molar-refractivity contribution in [3.8, 4) is 0 Å². The number of rotatable bonds is 7. The van der Waals surface area contributed by atoms with Crippen molar-refractivity contribution in [2.45, 2.75) is 108 Å². The zero-order valence-electron chi connectivity index (χ0n) is 22.9. The predicted octanol–water partition coefficient (Wildman–Crippen LogP) is 5.05. The lowest BCUT2D eigenvalue weighted by Gasteiger charge is -2.54. The fraction of sp³-hybridized carbons (Fsp3) is 0.710. The van der Waals surface area contributed by atoms with Gasteiger partial charge in [-0.15, -0.1) is 0 Å². The number of para-hydroxylation sites is 2. The summed E-state index contributed by atoms with van der Waals surface area (Å²) in [5.41, 5.74) is 2.35. The van der Waals surface area contributed by atoms with E-state index in [1.165, 1.54) is 44.9 Å². The van der Waals surface area contributed by atoms with Gasteiger partial charge < -0.3 is 14.0 Å². The number of morpholine rings is 1. The number of ether oxygens (including phenoxy) is 2. The molecule has 7 heteroatoms. The lowest BCUT2D eigenvalue weighted by Crippen LogP contribution is -2.62. The van der Waals surface area contributed by atoms with Crippen LogP contribution < -0.4 is 5.56 Å². The van der Waals surface area contributed by atoms with E-state index in [1.54, 1.807) is 0 Å². The molecule has 1 aromatic carbocycles. The Kier molecular flexibility index (Phi) is 7.85. The van der Waals surface area contributed by atoms with Gasteiger partial charge in [-0.3, -0.25) is 14.5 Å². The highest BCUT2D eigenvalue weighted by atomic mass is 16.5. The molecule has 38 heavy (non-hydrogen) atoms. The Bertz CT molecular complexity index is 1170. The highest BCUT2D eigenvalue weighted by Gasteiger charge is 2.45. The number of aryl methyl sites for hydroxylation is 1. The van der Waals surface area contributed by atoms with E-state index < -0.39 is 0 Å². The zero-order chi connectivity index (χ0) is 26.1. The quantitative estimate of drug-likeness (QED) is 0.475. The van der Waals surface area contributed by atoms with Crippen molar-refractivity contribution in [3.63, 3.8) is 0 Å². The number of aromatic nitrogens is 2. The first kappa shape index (κ1) is 26.0. The summed E-state index contributed by atoms with van der Waals surface area (Å²) in [5, 5.41) is 0. The summed E-state index contributed by atoms with van der Waals surface area (Å²) in [6.07, 6.45) is 13.0. The molecule has 1 aromatic heterocycles. The van der Waals surface area contributed by atoms with Gasteiger partial charge in [-0.1, -0.05) is 37.8 Å². The predicted molar refractivity (Wildman–Crippen MR) is 147 cm³/mol. The van der Waals surface area contributed by atoms with Gasteiger partial charge in [0.25, 0.3) is 5.56 Å². The maximum atomic E-state index is 13.9. The second-order valence-electron chi connectivity index (χ2n) is 12.2. The number of esters is 1. The average Bonchev–Trinajstić information content (AvgIpc) is 3.07. The second-order valence-corrected chi connectivity index (χ2v) is 12.2. The number of hydrogen-bond donors (Lipinski definition) is 0. The van der Waals surface area contributed by atoms with E-state index in [-0.39, 0.29) is 17.6 Å². The maximum Gasteiger partial charge on any atom is 0.305 e. The van der Waals surface area contributed by atoms with Crippen LogP contribution in [0.2, 0.25) is 0 Å². The molecule has 2 aliphatic heterocycles. The first-order valence-corrected chi connectivity index (χ1v) is 15.1. The van der Waals surface area contributed by atoms with Crippen molar-refractivity contribution in [1.82, 2.24) is 14.5 Å². The minimum atomic E-state index is -0.212. The Morgan fingerprint density at radius 3 is 2.39 bits per heavy atom. The molecule has 206 valence electrons. The Morgan fingerprint density at radius 2 is 1.68 bits per heavy atom. The van der Waals surface area contributed by atoms with Crippen molar-refractivity contribution in [2.75, 3.05) is 19.8 Å². The molecule has 0 spiro atoms. The highest BCUT2D eigenvalue weighted by molar-refractivity contribution is 5.75. The Morgan fingerprint density at radius 1 is 0.974 bits per heavy atom. The molecule has 0 amide bonds. The van der Waals surface area contributed by atoms with Gasteiger partial charge in [-0.2, -0.15) is 0 Å². The van der Waals surface area contributed by atoms with Crippen molar-refractivity contribution in [1.29, 1.82) is 0 Å². The van der Waals surface area contributed by atoms with Gasteiger partial charge >= 0.3 is 5.97 Å². The van der Waals surface area contributed by atoms with Crippen LogP contribution in [0, 0.1) is 11.8 Å². The molecular weight excluding hydrogens is 478 g/mol. The van der Waals surface area contributed by atoms with Crippen LogP contribution in [0.25, 0.3) is 11.0 Å². The SMILES string of the molecule is CCOC(=O)CCCc1nc2ccccc2n(C2C[C@H]3COC[C@@H](C2)N3C2CC3CCCCC(C3)C2)c1=O. The monoisotopic (exact) mass is 521 g/mol. The second kappa shape index (κ2) is 11.5. The third-order valence-corrected chi connectivity index (χ3v) is 9.65. The summed E-state index contributed by atoms with van der Waals surface area (Å²) in [7, 11) is 0. The number of benzene rings is 1. The smallest absolute Gasteiger partial charge is 0.305 e. The summed E-state index contributed by atoms with van der Waals surface area (Å²) in [6.45, 7) is 3.73. The lowest BCUT2D eigenvalue weighted by molar-refractivity contribution is -0.143. The summed E-state index contributed by atoms with van der Waals surface area (Å²) >= 11 is 0. The molecule has 0 radical (unpaired) electrons. The number of piperidine rings is 1. The lowest BCUT2D eigenvalue weighted by atomic mass is 9.75. The number of hydrogen-bond acceptors (Lipinski definition) is 6. The van der Waals surface area contributed by atoms with E-state index in [0.717, 1.165) is 48.9 Å². The molecule has 2 aromatic rings. The van der Waals surface area contributed by atoms with Crippen LogP contribution in [0.3, 0.4) is 0 Å². The van der Waals surface area contributed by atoms with Crippen molar-refractivity contribution < 1.29 is 14.3 Å². The van der Waals surface area contributed by atoms with Crippen LogP contribution in [0.5, 0.6) is 0 Å². The first-order chi connectivity index (χ1) is 18.6. The Balaban J connectivity index is 1.25. The summed E-state index contributed by atoms with van der Waals surface area (Å²) in [4.78, 5) is 33.4. The number of nitrogens with zero attached hydrogens (tertiary/aromatic N) is 3. The van der Waals surface area contributed by atoms with Gasteiger partial charge in [0, 0.05) is 30.6 Å². The van der Waals surface area contributed by atoms with E-state index in [2.05, 4.69) is 4.90 Å². The Labute approximate surface area is 225 Å². The molecule has 4 fully saturated rings. The van der Waals surface area contributed by atoms with Gasteiger partial charge in [0.05, 0.1) is 30.9 Å². The first-order valence-electron chi connectivity index (χ1n) is 15.1. The summed E-state index contributed by atoms with van der Waals surface area (Å²) in [6, 6.07) is 9.57. The van der Waals surface area contributed by atoms with Crippen LogP contribution in [-0.2, 0) is 20.7 Å². The van der Waals surface area contributed by atoms with Crippen LogP contribution >= 0.6 is 0 Å². The third kappa shape index (κ3) is 5.29. The molecule has 2 aliphatic carbocycles. The zero-order valence-corrected chi connectivity index (χ0v) is 22.9. The van der Waals surface area contributed by atoms with E-state index in [4.69, 9.17) is 14.5 Å². The highest BCUT2D eigenvalue weighted by Crippen LogP contribution is 2.44. The van der Waals surface area contributed by atoms with Gasteiger partial charge in [-0.25, -0.2) is 4.98 Å². The number of carbonyl (C=O) groups is 1. The van der Waals surface area contributed by atoms with E-state index in [0.29, 0.717) is 49.7 Å². The largest absolute Gasteiger partial charge is 0.466 e. The molecule has 2 saturated heterocycles.